The van der Waals surface area contributed by atoms with Crippen LogP contribution in [0.5, 0.6) is 0 Å². The molecule has 9 heteroatoms. The van der Waals surface area contributed by atoms with E-state index in [4.69, 9.17) is 0 Å². The molecule has 1 unspecified atom stereocenters. The number of piperazine rings is 1. The van der Waals surface area contributed by atoms with Crippen molar-refractivity contribution >= 4 is 22.0 Å². The minimum Gasteiger partial charge on any atom is -0.353 e. The van der Waals surface area contributed by atoms with Crippen molar-refractivity contribution in [1.29, 1.82) is 0 Å². The molecule has 1 aliphatic heterocycles. The number of nitrogens with zero attached hydrogens (tertiary/aromatic N) is 3. The van der Waals surface area contributed by atoms with Gasteiger partial charge in [0, 0.05) is 34.2 Å². The Labute approximate surface area is 132 Å². The standard InChI is InChI=1S/C13H26N4O4S/c1-10(2)8-11-13(19)14-6-7-17(11)12(18)9-16(5)22(20,21)15(3)4/h10-11H,6-9H2,1-5H3,(H,14,19). The molecule has 1 fully saturated rings. The summed E-state index contributed by atoms with van der Waals surface area (Å²) in [6, 6.07) is -0.531. The zero-order valence-electron chi connectivity index (χ0n) is 13.9. The maximum Gasteiger partial charge on any atom is 0.281 e. The number of carbonyl (C=O) groups is 2. The molecule has 0 saturated carbocycles. The van der Waals surface area contributed by atoms with Crippen LogP contribution in [0.3, 0.4) is 0 Å². The highest BCUT2D eigenvalue weighted by Crippen LogP contribution is 2.15. The predicted molar refractivity (Wildman–Crippen MR) is 83.2 cm³/mol. The topological polar surface area (TPSA) is 90.0 Å². The number of carbonyl (C=O) groups excluding carboxylic acids is 2. The molecule has 22 heavy (non-hydrogen) atoms. The van der Waals surface area contributed by atoms with Crippen molar-refractivity contribution in [1.82, 2.24) is 18.8 Å². The van der Waals surface area contributed by atoms with E-state index in [-0.39, 0.29) is 24.3 Å². The van der Waals surface area contributed by atoms with E-state index in [1.54, 1.807) is 0 Å². The SMILES string of the molecule is CC(C)CC1C(=O)NCCN1C(=O)CN(C)S(=O)(=O)N(C)C. The van der Waals surface area contributed by atoms with Gasteiger partial charge in [-0.05, 0) is 12.3 Å². The van der Waals surface area contributed by atoms with Crippen molar-refractivity contribution in [2.24, 2.45) is 5.92 Å². The van der Waals surface area contributed by atoms with Crippen LogP contribution in [0.4, 0.5) is 0 Å². The van der Waals surface area contributed by atoms with Crippen LogP contribution < -0.4 is 5.32 Å². The van der Waals surface area contributed by atoms with Crippen LogP contribution in [0.1, 0.15) is 20.3 Å². The van der Waals surface area contributed by atoms with Gasteiger partial charge in [0.2, 0.25) is 11.8 Å². The Hall–Kier alpha value is -1.19. The van der Waals surface area contributed by atoms with Crippen molar-refractivity contribution in [3.8, 4) is 0 Å². The van der Waals surface area contributed by atoms with Crippen LogP contribution in [0, 0.1) is 5.92 Å². The number of rotatable bonds is 6. The van der Waals surface area contributed by atoms with E-state index < -0.39 is 16.3 Å². The highest BCUT2D eigenvalue weighted by molar-refractivity contribution is 7.86. The summed E-state index contributed by atoms with van der Waals surface area (Å²) in [4.78, 5) is 25.9. The van der Waals surface area contributed by atoms with Crippen molar-refractivity contribution in [3.05, 3.63) is 0 Å². The van der Waals surface area contributed by atoms with Gasteiger partial charge in [-0.25, -0.2) is 0 Å². The Morgan fingerprint density at radius 2 is 1.95 bits per heavy atom. The lowest BCUT2D eigenvalue weighted by molar-refractivity contribution is -0.143. The van der Waals surface area contributed by atoms with Crippen molar-refractivity contribution < 1.29 is 18.0 Å². The molecular weight excluding hydrogens is 308 g/mol. The first-order valence-corrected chi connectivity index (χ1v) is 8.68. The van der Waals surface area contributed by atoms with Gasteiger partial charge in [0.1, 0.15) is 6.04 Å². The Morgan fingerprint density at radius 3 is 2.45 bits per heavy atom. The first-order valence-electron chi connectivity index (χ1n) is 7.28. The Kier molecular flexibility index (Phi) is 6.33. The fourth-order valence-electron chi connectivity index (χ4n) is 2.34. The summed E-state index contributed by atoms with van der Waals surface area (Å²) in [7, 11) is 0.528. The summed E-state index contributed by atoms with van der Waals surface area (Å²) in [5.41, 5.74) is 0. The Balaban J connectivity index is 2.83. The minimum atomic E-state index is -3.65. The number of hydrogen-bond acceptors (Lipinski definition) is 4. The molecule has 0 aliphatic carbocycles. The van der Waals surface area contributed by atoms with Gasteiger partial charge in [0.15, 0.2) is 0 Å². The molecule has 1 rings (SSSR count). The fourth-order valence-corrected chi connectivity index (χ4v) is 3.17. The van der Waals surface area contributed by atoms with E-state index in [1.807, 2.05) is 13.8 Å². The molecule has 0 aromatic rings. The monoisotopic (exact) mass is 334 g/mol. The third kappa shape index (κ3) is 4.40. The van der Waals surface area contributed by atoms with Crippen molar-refractivity contribution in [2.75, 3.05) is 40.8 Å². The smallest absolute Gasteiger partial charge is 0.281 e. The molecular formula is C13H26N4O4S. The second kappa shape index (κ2) is 7.38. The molecule has 0 aromatic heterocycles. The molecule has 0 bridgehead atoms. The molecule has 0 radical (unpaired) electrons. The maximum absolute atomic E-state index is 12.4. The molecule has 1 atom stereocenters. The van der Waals surface area contributed by atoms with E-state index in [9.17, 15) is 18.0 Å². The largest absolute Gasteiger partial charge is 0.353 e. The first-order chi connectivity index (χ1) is 10.1. The minimum absolute atomic E-state index is 0.175. The summed E-state index contributed by atoms with van der Waals surface area (Å²) in [6.45, 7) is 4.48. The quantitative estimate of drug-likeness (QED) is 0.681. The van der Waals surface area contributed by atoms with Crippen LogP contribution in [0.2, 0.25) is 0 Å². The maximum atomic E-state index is 12.4. The third-order valence-electron chi connectivity index (χ3n) is 3.56. The fraction of sp³-hybridized carbons (Fsp3) is 0.846. The highest BCUT2D eigenvalue weighted by atomic mass is 32.2. The summed E-state index contributed by atoms with van der Waals surface area (Å²) in [5, 5.41) is 2.75. The molecule has 8 nitrogen and oxygen atoms in total. The van der Waals surface area contributed by atoms with Gasteiger partial charge < -0.3 is 10.2 Å². The van der Waals surface area contributed by atoms with Crippen LogP contribution in [0.15, 0.2) is 0 Å². The lowest BCUT2D eigenvalue weighted by Crippen LogP contribution is -2.59. The van der Waals surface area contributed by atoms with Crippen LogP contribution in [-0.2, 0) is 19.8 Å². The normalized spacial score (nSPS) is 19.9. The van der Waals surface area contributed by atoms with Crippen molar-refractivity contribution in [3.63, 3.8) is 0 Å². The zero-order valence-corrected chi connectivity index (χ0v) is 14.7. The van der Waals surface area contributed by atoms with Crippen LogP contribution in [0.25, 0.3) is 0 Å². The highest BCUT2D eigenvalue weighted by Gasteiger charge is 2.35. The van der Waals surface area contributed by atoms with Gasteiger partial charge >= 0.3 is 0 Å². The van der Waals surface area contributed by atoms with Gasteiger partial charge in [0.05, 0.1) is 6.54 Å². The van der Waals surface area contributed by atoms with E-state index in [0.29, 0.717) is 19.5 Å². The predicted octanol–water partition coefficient (Wildman–Crippen LogP) is -0.902. The van der Waals surface area contributed by atoms with E-state index in [1.165, 1.54) is 26.0 Å². The summed E-state index contributed by atoms with van der Waals surface area (Å²) < 4.78 is 26.0. The number of hydrogen-bond donors (Lipinski definition) is 1. The molecule has 1 N–H and O–H groups in total. The summed E-state index contributed by atoms with van der Waals surface area (Å²) in [5.74, 6) is -0.271. The van der Waals surface area contributed by atoms with E-state index >= 15 is 0 Å². The molecule has 0 spiro atoms. The molecule has 0 aromatic carbocycles. The lowest BCUT2D eigenvalue weighted by atomic mass is 10.00. The molecule has 1 aliphatic rings. The van der Waals surface area contributed by atoms with Gasteiger partial charge in [-0.15, -0.1) is 0 Å². The Bertz CT molecular complexity index is 518. The average Bonchev–Trinajstić information content (AvgIpc) is 2.40. The van der Waals surface area contributed by atoms with Crippen molar-refractivity contribution in [2.45, 2.75) is 26.3 Å². The summed E-state index contributed by atoms with van der Waals surface area (Å²) >= 11 is 0. The van der Waals surface area contributed by atoms with E-state index in [2.05, 4.69) is 5.32 Å². The molecule has 1 saturated heterocycles. The molecule has 2 amide bonds. The van der Waals surface area contributed by atoms with Gasteiger partial charge in [-0.3, -0.25) is 9.59 Å². The second-order valence-corrected chi connectivity index (χ2v) is 8.32. The average molecular weight is 334 g/mol. The number of amides is 2. The van der Waals surface area contributed by atoms with Crippen LogP contribution >= 0.6 is 0 Å². The van der Waals surface area contributed by atoms with Gasteiger partial charge in [0.25, 0.3) is 10.2 Å². The van der Waals surface area contributed by atoms with Gasteiger partial charge in [-0.1, -0.05) is 13.8 Å². The van der Waals surface area contributed by atoms with E-state index in [0.717, 1.165) is 8.61 Å². The third-order valence-corrected chi connectivity index (χ3v) is 5.40. The Morgan fingerprint density at radius 1 is 1.36 bits per heavy atom. The second-order valence-electron chi connectivity index (χ2n) is 6.07. The first kappa shape index (κ1) is 18.9. The van der Waals surface area contributed by atoms with Gasteiger partial charge in [-0.2, -0.15) is 17.0 Å². The lowest BCUT2D eigenvalue weighted by Gasteiger charge is -2.36. The molecule has 1 heterocycles. The summed E-state index contributed by atoms with van der Waals surface area (Å²) in [6.07, 6.45) is 0.557. The number of likely N-dealkylation sites (N-methyl/N-ethyl adjacent to an activating group) is 1. The van der Waals surface area contributed by atoms with Crippen LogP contribution in [-0.4, -0.2) is 80.6 Å². The number of nitrogens with one attached hydrogen (secondary N) is 1. The zero-order chi connectivity index (χ0) is 17.1. The molecule has 128 valence electrons.